The number of allylic oxidation sites excluding steroid dienone is 1. The lowest BCUT2D eigenvalue weighted by Crippen LogP contribution is -2.56. The quantitative estimate of drug-likeness (QED) is 0.163. The van der Waals surface area contributed by atoms with Crippen molar-refractivity contribution in [1.82, 2.24) is 0 Å². The summed E-state index contributed by atoms with van der Waals surface area (Å²) in [6.07, 6.45) is 5.40. The number of fused-ring (bicyclic) bond motifs is 5. The van der Waals surface area contributed by atoms with Crippen molar-refractivity contribution in [3.05, 3.63) is 11.1 Å². The molecule has 0 amide bonds. The van der Waals surface area contributed by atoms with Crippen molar-refractivity contribution < 1.29 is 42.8 Å². The van der Waals surface area contributed by atoms with Gasteiger partial charge >= 0.3 is 17.9 Å². The molecule has 3 saturated heterocycles. The van der Waals surface area contributed by atoms with Gasteiger partial charge < -0.3 is 28.4 Å². The number of epoxide rings is 3. The van der Waals surface area contributed by atoms with Crippen LogP contribution in [0, 0.1) is 52.3 Å². The molecule has 0 radical (unpaired) electrons. The molecule has 9 heteroatoms. The van der Waals surface area contributed by atoms with E-state index in [9.17, 15) is 14.4 Å². The van der Waals surface area contributed by atoms with Crippen LogP contribution in [0.5, 0.6) is 0 Å². The lowest BCUT2D eigenvalue weighted by Gasteiger charge is -2.60. The highest BCUT2D eigenvalue weighted by Gasteiger charge is 2.65. The van der Waals surface area contributed by atoms with Gasteiger partial charge in [0.1, 0.15) is 38.1 Å². The molecule has 0 aromatic rings. The molecule has 0 N–H and O–H groups in total. The minimum Gasteiger partial charge on any atom is -0.463 e. The first-order chi connectivity index (χ1) is 20.1. The molecule has 2 saturated carbocycles. The zero-order valence-corrected chi connectivity index (χ0v) is 25.4. The fourth-order valence-corrected chi connectivity index (χ4v) is 9.76. The molecule has 232 valence electrons. The maximum Gasteiger partial charge on any atom is 0.314 e. The van der Waals surface area contributed by atoms with Gasteiger partial charge in [-0.1, -0.05) is 38.3 Å². The molecule has 2 bridgehead atoms. The predicted molar refractivity (Wildman–Crippen MR) is 149 cm³/mol. The van der Waals surface area contributed by atoms with Crippen LogP contribution in [0.4, 0.5) is 0 Å². The Morgan fingerprint density at radius 3 is 2.02 bits per heavy atom. The van der Waals surface area contributed by atoms with E-state index < -0.39 is 17.3 Å². The van der Waals surface area contributed by atoms with Crippen LogP contribution in [0.3, 0.4) is 0 Å². The number of hydrogen-bond donors (Lipinski definition) is 0. The average Bonchev–Trinajstić information content (AvgIpc) is 3.81. The SMILES string of the molecule is CC(C)C1=C2C3CCC4C(C)(C(=O)OCC5CO5)CCCC4(C)C3CC1C(C(=O)OCC1CO1)C2C(=O)OCC1CO1. The van der Waals surface area contributed by atoms with Crippen LogP contribution in [-0.4, -0.2) is 75.9 Å². The third kappa shape index (κ3) is 4.91. The number of carbonyl (C=O) groups is 3. The zero-order valence-electron chi connectivity index (χ0n) is 25.4. The Balaban J connectivity index is 1.21. The summed E-state index contributed by atoms with van der Waals surface area (Å²) in [5, 5.41) is 0. The molecule has 0 spiro atoms. The smallest absolute Gasteiger partial charge is 0.314 e. The Bertz CT molecular complexity index is 1150. The van der Waals surface area contributed by atoms with E-state index in [0.29, 0.717) is 26.4 Å². The highest BCUT2D eigenvalue weighted by molar-refractivity contribution is 5.87. The first-order valence-corrected chi connectivity index (χ1v) is 16.2. The van der Waals surface area contributed by atoms with Gasteiger partial charge in [0.05, 0.1) is 37.1 Å². The number of esters is 3. The van der Waals surface area contributed by atoms with Crippen molar-refractivity contribution in [2.75, 3.05) is 39.6 Å². The molecule has 9 nitrogen and oxygen atoms in total. The third-order valence-corrected chi connectivity index (χ3v) is 11.9. The standard InChI is InChI=1S/C33H46O9/c1-17(2)25-22-10-23-21(6-7-24-32(23,3)8-5-9-33(24,4)31(36)42-16-20-13-39-20)26(25)28(30(35)41-15-19-12-38-19)27(22)29(34)40-14-18-11-37-18/h17-24,27-28H,5-16H2,1-4H3. The normalized spacial score (nSPS) is 44.6. The molecule has 5 fully saturated rings. The van der Waals surface area contributed by atoms with E-state index in [4.69, 9.17) is 28.4 Å². The molecule has 3 aliphatic heterocycles. The summed E-state index contributed by atoms with van der Waals surface area (Å²) in [6, 6.07) is 0. The number of carbonyl (C=O) groups excluding carboxylic acids is 3. The minimum absolute atomic E-state index is 0.0401. The Morgan fingerprint density at radius 2 is 1.43 bits per heavy atom. The van der Waals surface area contributed by atoms with Crippen LogP contribution < -0.4 is 0 Å². The molecule has 7 aliphatic rings. The molecule has 11 atom stereocenters. The maximum atomic E-state index is 13.9. The fraction of sp³-hybridized carbons (Fsp3) is 0.848. The largest absolute Gasteiger partial charge is 0.463 e. The predicted octanol–water partition coefficient (Wildman–Crippen LogP) is 3.87. The summed E-state index contributed by atoms with van der Waals surface area (Å²) in [6.45, 7) is 11.5. The van der Waals surface area contributed by atoms with Gasteiger partial charge in [0.25, 0.3) is 0 Å². The van der Waals surface area contributed by atoms with Gasteiger partial charge in [0.15, 0.2) is 0 Å². The van der Waals surface area contributed by atoms with Crippen LogP contribution in [-0.2, 0) is 42.8 Å². The van der Waals surface area contributed by atoms with E-state index in [-0.39, 0.29) is 84.4 Å². The molecular formula is C33H46O9. The molecular weight excluding hydrogens is 540 g/mol. The van der Waals surface area contributed by atoms with E-state index in [0.717, 1.165) is 44.1 Å². The Labute approximate surface area is 248 Å². The number of ether oxygens (including phenoxy) is 6. The second-order valence-electron chi connectivity index (χ2n) is 14.8. The van der Waals surface area contributed by atoms with Gasteiger partial charge in [-0.25, -0.2) is 0 Å². The molecule has 4 aliphatic carbocycles. The molecule has 7 rings (SSSR count). The van der Waals surface area contributed by atoms with Crippen molar-refractivity contribution in [1.29, 1.82) is 0 Å². The highest BCUT2D eigenvalue weighted by Crippen LogP contribution is 2.69. The van der Waals surface area contributed by atoms with E-state index >= 15 is 0 Å². The second-order valence-corrected chi connectivity index (χ2v) is 14.8. The zero-order chi connectivity index (χ0) is 29.4. The van der Waals surface area contributed by atoms with Crippen molar-refractivity contribution in [3.63, 3.8) is 0 Å². The van der Waals surface area contributed by atoms with Gasteiger partial charge in [-0.05, 0) is 74.0 Å². The summed E-state index contributed by atoms with van der Waals surface area (Å²) in [4.78, 5) is 41.3. The van der Waals surface area contributed by atoms with Gasteiger partial charge in [-0.15, -0.1) is 0 Å². The van der Waals surface area contributed by atoms with Crippen molar-refractivity contribution in [3.8, 4) is 0 Å². The molecule has 0 aromatic heterocycles. The lowest BCUT2D eigenvalue weighted by molar-refractivity contribution is -0.176. The van der Waals surface area contributed by atoms with Gasteiger partial charge in [-0.2, -0.15) is 0 Å². The Hall–Kier alpha value is -1.97. The van der Waals surface area contributed by atoms with E-state index in [1.54, 1.807) is 0 Å². The van der Waals surface area contributed by atoms with Crippen molar-refractivity contribution in [2.45, 2.75) is 84.5 Å². The maximum absolute atomic E-state index is 13.9. The lowest BCUT2D eigenvalue weighted by atomic mass is 9.43. The molecule has 11 unspecified atom stereocenters. The van der Waals surface area contributed by atoms with E-state index in [2.05, 4.69) is 27.7 Å². The first-order valence-electron chi connectivity index (χ1n) is 16.2. The first kappa shape index (κ1) is 28.8. The minimum atomic E-state index is -0.632. The van der Waals surface area contributed by atoms with Gasteiger partial charge in [-0.3, -0.25) is 14.4 Å². The molecule has 42 heavy (non-hydrogen) atoms. The van der Waals surface area contributed by atoms with Gasteiger partial charge in [0.2, 0.25) is 0 Å². The summed E-state index contributed by atoms with van der Waals surface area (Å²) in [7, 11) is 0. The van der Waals surface area contributed by atoms with Crippen LogP contribution in [0.15, 0.2) is 11.1 Å². The number of rotatable bonds is 10. The van der Waals surface area contributed by atoms with E-state index in [1.165, 1.54) is 5.57 Å². The van der Waals surface area contributed by atoms with E-state index in [1.807, 2.05) is 0 Å². The fourth-order valence-electron chi connectivity index (χ4n) is 9.76. The average molecular weight is 587 g/mol. The summed E-state index contributed by atoms with van der Waals surface area (Å²) < 4.78 is 33.4. The molecule has 0 aromatic carbocycles. The Morgan fingerprint density at radius 1 is 0.833 bits per heavy atom. The third-order valence-electron chi connectivity index (χ3n) is 11.9. The van der Waals surface area contributed by atoms with Crippen LogP contribution in [0.2, 0.25) is 0 Å². The summed E-state index contributed by atoms with van der Waals surface area (Å²) in [5.74, 6) is -1.19. The molecule has 3 heterocycles. The monoisotopic (exact) mass is 586 g/mol. The van der Waals surface area contributed by atoms with Crippen LogP contribution in [0.25, 0.3) is 0 Å². The summed E-state index contributed by atoms with van der Waals surface area (Å²) >= 11 is 0. The Kier molecular flexibility index (Phi) is 7.25. The van der Waals surface area contributed by atoms with Crippen LogP contribution in [0.1, 0.15) is 66.2 Å². The second kappa shape index (κ2) is 10.6. The summed E-state index contributed by atoms with van der Waals surface area (Å²) in [5.41, 5.74) is 1.74. The topological polar surface area (TPSA) is 116 Å². The van der Waals surface area contributed by atoms with Crippen LogP contribution >= 0.6 is 0 Å². The highest BCUT2D eigenvalue weighted by atomic mass is 16.6. The number of hydrogen-bond acceptors (Lipinski definition) is 9. The van der Waals surface area contributed by atoms with Crippen molar-refractivity contribution >= 4 is 17.9 Å². The van der Waals surface area contributed by atoms with Crippen molar-refractivity contribution in [2.24, 2.45) is 52.3 Å². The van der Waals surface area contributed by atoms with Gasteiger partial charge in [0, 0.05) is 0 Å².